The number of aldehydes is 1. The number of anilines is 1. The van der Waals surface area contributed by atoms with E-state index in [1.165, 1.54) is 19.3 Å². The zero-order valence-electron chi connectivity index (χ0n) is 9.80. The molecule has 2 rings (SSSR count). The Hall–Kier alpha value is -0.730. The third-order valence-corrected chi connectivity index (χ3v) is 4.03. The van der Waals surface area contributed by atoms with Crippen LogP contribution < -0.4 is 4.90 Å². The van der Waals surface area contributed by atoms with Gasteiger partial charge in [-0.15, -0.1) is 0 Å². The Bertz CT molecular complexity index is 440. The van der Waals surface area contributed by atoms with Gasteiger partial charge in [0, 0.05) is 18.7 Å². The van der Waals surface area contributed by atoms with Gasteiger partial charge in [-0.1, -0.05) is 23.2 Å². The fourth-order valence-electron chi connectivity index (χ4n) is 2.25. The Morgan fingerprint density at radius 2 is 1.88 bits per heavy atom. The minimum absolute atomic E-state index is 0.570. The van der Waals surface area contributed by atoms with E-state index in [-0.39, 0.29) is 0 Å². The first-order valence-electron chi connectivity index (χ1n) is 5.84. The molecule has 0 aromatic heterocycles. The van der Waals surface area contributed by atoms with Crippen LogP contribution in [0.15, 0.2) is 6.07 Å². The number of rotatable bonds is 2. The lowest BCUT2D eigenvalue weighted by molar-refractivity contribution is 0.112. The Kier molecular flexibility index (Phi) is 3.95. The molecule has 1 saturated heterocycles. The van der Waals surface area contributed by atoms with Crippen LogP contribution in [0.1, 0.15) is 35.2 Å². The Morgan fingerprint density at radius 3 is 2.47 bits per heavy atom. The lowest BCUT2D eigenvalue weighted by atomic mass is 10.1. The van der Waals surface area contributed by atoms with Gasteiger partial charge in [0.05, 0.1) is 15.7 Å². The van der Waals surface area contributed by atoms with Crippen molar-refractivity contribution >= 4 is 35.2 Å². The van der Waals surface area contributed by atoms with E-state index in [2.05, 4.69) is 4.90 Å². The van der Waals surface area contributed by atoms with Crippen LogP contribution in [0.25, 0.3) is 0 Å². The van der Waals surface area contributed by atoms with E-state index < -0.39 is 0 Å². The van der Waals surface area contributed by atoms with Gasteiger partial charge < -0.3 is 4.90 Å². The maximum atomic E-state index is 10.9. The molecule has 1 fully saturated rings. The summed E-state index contributed by atoms with van der Waals surface area (Å²) in [7, 11) is 0. The molecule has 17 heavy (non-hydrogen) atoms. The van der Waals surface area contributed by atoms with Gasteiger partial charge in [0.1, 0.15) is 6.29 Å². The highest BCUT2D eigenvalue weighted by atomic mass is 35.5. The third kappa shape index (κ3) is 2.43. The lowest BCUT2D eigenvalue weighted by Crippen LogP contribution is -2.30. The molecule has 0 spiro atoms. The summed E-state index contributed by atoms with van der Waals surface area (Å²) in [5, 5.41) is 1.19. The molecular formula is C13H15Cl2NO. The van der Waals surface area contributed by atoms with Gasteiger partial charge in [-0.3, -0.25) is 4.79 Å². The first-order valence-corrected chi connectivity index (χ1v) is 6.59. The van der Waals surface area contributed by atoms with Gasteiger partial charge in [0.15, 0.2) is 0 Å². The van der Waals surface area contributed by atoms with Gasteiger partial charge in [0.25, 0.3) is 0 Å². The predicted octanol–water partition coefficient (Wildman–Crippen LogP) is 4.10. The molecule has 92 valence electrons. The summed E-state index contributed by atoms with van der Waals surface area (Å²) in [6.45, 7) is 3.83. The molecule has 0 bridgehead atoms. The van der Waals surface area contributed by atoms with Crippen LogP contribution in [0.5, 0.6) is 0 Å². The average molecular weight is 272 g/mol. The number of benzene rings is 1. The molecule has 1 aromatic carbocycles. The van der Waals surface area contributed by atoms with Crippen LogP contribution >= 0.6 is 23.2 Å². The average Bonchev–Trinajstić information content (AvgIpc) is 2.35. The summed E-state index contributed by atoms with van der Waals surface area (Å²) in [4.78, 5) is 13.1. The number of piperidine rings is 1. The molecule has 0 atom stereocenters. The van der Waals surface area contributed by atoms with Crippen molar-refractivity contribution in [2.24, 2.45) is 0 Å². The van der Waals surface area contributed by atoms with Gasteiger partial charge in [-0.25, -0.2) is 0 Å². The molecule has 0 unspecified atom stereocenters. The second-order valence-electron chi connectivity index (χ2n) is 4.40. The van der Waals surface area contributed by atoms with Crippen molar-refractivity contribution in [1.29, 1.82) is 0 Å². The summed E-state index contributed by atoms with van der Waals surface area (Å²) in [5.74, 6) is 0. The van der Waals surface area contributed by atoms with Crippen LogP contribution in [-0.2, 0) is 0 Å². The van der Waals surface area contributed by atoms with Crippen molar-refractivity contribution in [1.82, 2.24) is 0 Å². The number of hydrogen-bond acceptors (Lipinski definition) is 2. The van der Waals surface area contributed by atoms with E-state index in [9.17, 15) is 4.79 Å². The summed E-state index contributed by atoms with van der Waals surface area (Å²) >= 11 is 12.6. The molecule has 0 aliphatic carbocycles. The summed E-state index contributed by atoms with van der Waals surface area (Å²) < 4.78 is 0. The molecule has 0 saturated carbocycles. The van der Waals surface area contributed by atoms with E-state index >= 15 is 0 Å². The molecule has 0 radical (unpaired) electrons. The fourth-order valence-corrected chi connectivity index (χ4v) is 2.96. The first-order chi connectivity index (χ1) is 8.15. The zero-order chi connectivity index (χ0) is 12.4. The van der Waals surface area contributed by atoms with Crippen molar-refractivity contribution in [3.63, 3.8) is 0 Å². The topological polar surface area (TPSA) is 20.3 Å². The Morgan fingerprint density at radius 1 is 1.24 bits per heavy atom. The van der Waals surface area contributed by atoms with E-state index in [4.69, 9.17) is 23.2 Å². The molecule has 1 aromatic rings. The lowest BCUT2D eigenvalue weighted by Gasteiger charge is -2.31. The summed E-state index contributed by atoms with van der Waals surface area (Å²) in [5.41, 5.74) is 2.27. The quantitative estimate of drug-likeness (QED) is 0.755. The molecule has 2 nitrogen and oxygen atoms in total. The van der Waals surface area contributed by atoms with Crippen LogP contribution in [0, 0.1) is 6.92 Å². The molecule has 0 amide bonds. The van der Waals surface area contributed by atoms with Crippen molar-refractivity contribution in [2.45, 2.75) is 26.2 Å². The predicted molar refractivity (Wildman–Crippen MR) is 72.7 cm³/mol. The maximum absolute atomic E-state index is 10.9. The van der Waals surface area contributed by atoms with E-state index in [1.54, 1.807) is 6.07 Å². The third-order valence-electron chi connectivity index (χ3n) is 3.28. The highest BCUT2D eigenvalue weighted by molar-refractivity contribution is 6.40. The number of carbonyl (C=O) groups is 1. The smallest absolute Gasteiger partial charge is 0.150 e. The Balaban J connectivity index is 2.46. The standard InChI is InChI=1S/C13H15Cl2NO/c1-9-10(8-17)7-11(14)13(12(9)15)16-5-3-2-4-6-16/h7-8H,2-6H2,1H3. The molecule has 1 aliphatic heterocycles. The first kappa shape index (κ1) is 12.7. The number of carbonyl (C=O) groups excluding carboxylic acids is 1. The van der Waals surface area contributed by atoms with Crippen molar-refractivity contribution in [3.05, 3.63) is 27.2 Å². The van der Waals surface area contributed by atoms with Crippen molar-refractivity contribution in [3.8, 4) is 0 Å². The zero-order valence-corrected chi connectivity index (χ0v) is 11.3. The largest absolute Gasteiger partial charge is 0.369 e. The summed E-state index contributed by atoms with van der Waals surface area (Å²) in [6.07, 6.45) is 4.40. The van der Waals surface area contributed by atoms with Crippen molar-refractivity contribution < 1.29 is 4.79 Å². The van der Waals surface area contributed by atoms with E-state index in [0.717, 1.165) is 30.6 Å². The van der Waals surface area contributed by atoms with E-state index in [1.807, 2.05) is 6.92 Å². The van der Waals surface area contributed by atoms with Gasteiger partial charge in [-0.05, 0) is 37.8 Å². The molecule has 0 N–H and O–H groups in total. The summed E-state index contributed by atoms with van der Waals surface area (Å²) in [6, 6.07) is 1.71. The van der Waals surface area contributed by atoms with Gasteiger partial charge in [0.2, 0.25) is 0 Å². The number of hydrogen-bond donors (Lipinski definition) is 0. The van der Waals surface area contributed by atoms with E-state index in [0.29, 0.717) is 15.6 Å². The van der Waals surface area contributed by atoms with Crippen LogP contribution in [-0.4, -0.2) is 19.4 Å². The molecule has 1 heterocycles. The van der Waals surface area contributed by atoms with Crippen LogP contribution in [0.2, 0.25) is 10.0 Å². The van der Waals surface area contributed by atoms with Gasteiger partial charge >= 0.3 is 0 Å². The highest BCUT2D eigenvalue weighted by Crippen LogP contribution is 2.38. The SMILES string of the molecule is Cc1c(C=O)cc(Cl)c(N2CCCCC2)c1Cl. The number of nitrogens with zero attached hydrogens (tertiary/aromatic N) is 1. The second kappa shape index (κ2) is 5.28. The van der Waals surface area contributed by atoms with Crippen LogP contribution in [0.3, 0.4) is 0 Å². The monoisotopic (exact) mass is 271 g/mol. The molecule has 4 heteroatoms. The minimum Gasteiger partial charge on any atom is -0.369 e. The highest BCUT2D eigenvalue weighted by Gasteiger charge is 2.20. The maximum Gasteiger partial charge on any atom is 0.150 e. The number of halogens is 2. The van der Waals surface area contributed by atoms with Crippen molar-refractivity contribution in [2.75, 3.05) is 18.0 Å². The second-order valence-corrected chi connectivity index (χ2v) is 5.19. The van der Waals surface area contributed by atoms with Gasteiger partial charge in [-0.2, -0.15) is 0 Å². The molecule has 1 aliphatic rings. The van der Waals surface area contributed by atoms with Crippen LogP contribution in [0.4, 0.5) is 5.69 Å². The minimum atomic E-state index is 0.570. The molecular weight excluding hydrogens is 257 g/mol. The Labute approximate surface area is 112 Å². The normalized spacial score (nSPS) is 16.1. The fraction of sp³-hybridized carbons (Fsp3) is 0.462.